The number of rotatable bonds is 6. The Balaban J connectivity index is 1.98. The van der Waals surface area contributed by atoms with Crippen LogP contribution < -0.4 is 5.32 Å². The van der Waals surface area contributed by atoms with E-state index in [1.165, 1.54) is 0 Å². The molecule has 20 heavy (non-hydrogen) atoms. The van der Waals surface area contributed by atoms with Crippen molar-refractivity contribution in [3.63, 3.8) is 0 Å². The summed E-state index contributed by atoms with van der Waals surface area (Å²) < 4.78 is 0. The molecule has 0 aliphatic heterocycles. The van der Waals surface area contributed by atoms with Gasteiger partial charge in [-0.05, 0) is 23.3 Å². The Bertz CT molecular complexity index is 552. The summed E-state index contributed by atoms with van der Waals surface area (Å²) in [5, 5.41) is 21.5. The fraction of sp³-hybridized carbons (Fsp3) is 0.188. The summed E-state index contributed by atoms with van der Waals surface area (Å²) in [6.45, 7) is 0.581. The van der Waals surface area contributed by atoms with Crippen molar-refractivity contribution < 1.29 is 15.0 Å². The second-order valence-electron chi connectivity index (χ2n) is 4.53. The van der Waals surface area contributed by atoms with Crippen molar-refractivity contribution in [2.45, 2.75) is 12.6 Å². The molecule has 0 saturated carbocycles. The number of carboxylic acid groups (broad SMARTS) is 1. The van der Waals surface area contributed by atoms with E-state index >= 15 is 0 Å². The van der Waals surface area contributed by atoms with Gasteiger partial charge in [0.05, 0.1) is 18.2 Å². The molecule has 4 nitrogen and oxygen atoms in total. The zero-order valence-electron chi connectivity index (χ0n) is 11.0. The van der Waals surface area contributed by atoms with Crippen molar-refractivity contribution in [2.75, 3.05) is 6.61 Å². The molecule has 0 fully saturated rings. The predicted octanol–water partition coefficient (Wildman–Crippen LogP) is 2.21. The highest BCUT2D eigenvalue weighted by Gasteiger charge is 2.09. The van der Waals surface area contributed by atoms with Crippen LogP contribution in [0.3, 0.4) is 0 Å². The highest BCUT2D eigenvalue weighted by Crippen LogP contribution is 2.13. The maximum atomic E-state index is 10.8. The summed E-state index contributed by atoms with van der Waals surface area (Å²) in [5.41, 5.74) is 2.28. The van der Waals surface area contributed by atoms with E-state index in [9.17, 15) is 9.90 Å². The first-order valence-electron chi connectivity index (χ1n) is 6.42. The van der Waals surface area contributed by atoms with Crippen molar-refractivity contribution in [1.82, 2.24) is 5.32 Å². The van der Waals surface area contributed by atoms with E-state index in [4.69, 9.17) is 5.11 Å². The predicted molar refractivity (Wildman–Crippen MR) is 76.5 cm³/mol. The molecule has 0 heterocycles. The van der Waals surface area contributed by atoms with Crippen LogP contribution in [0.15, 0.2) is 54.6 Å². The molecule has 0 spiro atoms. The molecule has 0 radical (unpaired) electrons. The second-order valence-corrected chi connectivity index (χ2v) is 4.53. The Morgan fingerprint density at radius 3 is 2.25 bits per heavy atom. The van der Waals surface area contributed by atoms with Crippen molar-refractivity contribution >= 4 is 5.97 Å². The third-order valence-corrected chi connectivity index (χ3v) is 3.14. The molecule has 0 bridgehead atoms. The average molecular weight is 271 g/mol. The molecule has 1 atom stereocenters. The van der Waals surface area contributed by atoms with E-state index in [-0.39, 0.29) is 18.2 Å². The highest BCUT2D eigenvalue weighted by molar-refractivity contribution is 5.87. The van der Waals surface area contributed by atoms with E-state index < -0.39 is 5.97 Å². The molecule has 2 rings (SSSR count). The Hall–Kier alpha value is -2.17. The summed E-state index contributed by atoms with van der Waals surface area (Å²) >= 11 is 0. The van der Waals surface area contributed by atoms with Crippen LogP contribution in [0.4, 0.5) is 0 Å². The second kappa shape index (κ2) is 6.84. The van der Waals surface area contributed by atoms with Crippen molar-refractivity contribution in [3.8, 4) is 0 Å². The van der Waals surface area contributed by atoms with E-state index in [2.05, 4.69) is 5.32 Å². The number of benzene rings is 2. The zero-order valence-corrected chi connectivity index (χ0v) is 11.0. The van der Waals surface area contributed by atoms with Crippen molar-refractivity contribution in [3.05, 3.63) is 71.3 Å². The lowest BCUT2D eigenvalue weighted by molar-refractivity contribution is 0.0697. The van der Waals surface area contributed by atoms with Crippen LogP contribution in [-0.2, 0) is 6.54 Å². The van der Waals surface area contributed by atoms with Gasteiger partial charge in [0.25, 0.3) is 0 Å². The highest BCUT2D eigenvalue weighted by atomic mass is 16.4. The molecule has 0 saturated heterocycles. The third kappa shape index (κ3) is 3.66. The van der Waals surface area contributed by atoms with Gasteiger partial charge in [0, 0.05) is 6.54 Å². The quantitative estimate of drug-likeness (QED) is 0.753. The van der Waals surface area contributed by atoms with E-state index in [0.717, 1.165) is 11.1 Å². The summed E-state index contributed by atoms with van der Waals surface area (Å²) in [6.07, 6.45) is 0. The normalized spacial score (nSPS) is 12.1. The average Bonchev–Trinajstić information content (AvgIpc) is 2.49. The van der Waals surface area contributed by atoms with Gasteiger partial charge < -0.3 is 15.5 Å². The Kier molecular flexibility index (Phi) is 4.87. The maximum Gasteiger partial charge on any atom is 0.335 e. The Morgan fingerprint density at radius 2 is 1.70 bits per heavy atom. The number of hydrogen-bond acceptors (Lipinski definition) is 3. The topological polar surface area (TPSA) is 69.6 Å². The van der Waals surface area contributed by atoms with E-state index in [0.29, 0.717) is 6.54 Å². The number of hydrogen-bond donors (Lipinski definition) is 3. The fourth-order valence-corrected chi connectivity index (χ4v) is 1.98. The first-order chi connectivity index (χ1) is 9.70. The number of carboxylic acids is 1. The minimum atomic E-state index is -0.929. The number of aliphatic hydroxyl groups excluding tert-OH is 1. The molecule has 0 amide bonds. The molecular weight excluding hydrogens is 254 g/mol. The van der Waals surface area contributed by atoms with Gasteiger partial charge in [-0.1, -0.05) is 42.5 Å². The Morgan fingerprint density at radius 1 is 1.05 bits per heavy atom. The van der Waals surface area contributed by atoms with Gasteiger partial charge in [0.1, 0.15) is 0 Å². The molecule has 2 aromatic carbocycles. The van der Waals surface area contributed by atoms with Gasteiger partial charge in [0.2, 0.25) is 0 Å². The number of aromatic carboxylic acids is 1. The number of aliphatic hydroxyl groups is 1. The van der Waals surface area contributed by atoms with Crippen LogP contribution in [0.1, 0.15) is 27.5 Å². The maximum absolute atomic E-state index is 10.8. The van der Waals surface area contributed by atoms with Gasteiger partial charge >= 0.3 is 5.97 Å². The van der Waals surface area contributed by atoms with Crippen LogP contribution >= 0.6 is 0 Å². The SMILES string of the molecule is O=C(O)c1ccc(CN[C@H](CO)c2ccccc2)cc1. The largest absolute Gasteiger partial charge is 0.478 e. The minimum Gasteiger partial charge on any atom is -0.478 e. The molecular formula is C16H17NO3. The van der Waals surface area contributed by atoms with Crippen LogP contribution in [-0.4, -0.2) is 22.8 Å². The third-order valence-electron chi connectivity index (χ3n) is 3.14. The van der Waals surface area contributed by atoms with Crippen LogP contribution in [0.5, 0.6) is 0 Å². The van der Waals surface area contributed by atoms with Crippen molar-refractivity contribution in [1.29, 1.82) is 0 Å². The summed E-state index contributed by atoms with van der Waals surface area (Å²) in [7, 11) is 0. The van der Waals surface area contributed by atoms with Crippen molar-refractivity contribution in [2.24, 2.45) is 0 Å². The minimum absolute atomic E-state index is 0.0111. The molecule has 104 valence electrons. The molecule has 0 aliphatic carbocycles. The lowest BCUT2D eigenvalue weighted by Gasteiger charge is -2.16. The molecule has 4 heteroatoms. The smallest absolute Gasteiger partial charge is 0.335 e. The monoisotopic (exact) mass is 271 g/mol. The van der Waals surface area contributed by atoms with Crippen LogP contribution in [0.2, 0.25) is 0 Å². The summed E-state index contributed by atoms with van der Waals surface area (Å²) in [4.78, 5) is 10.8. The first-order valence-corrected chi connectivity index (χ1v) is 6.42. The molecule has 0 unspecified atom stereocenters. The molecule has 0 aromatic heterocycles. The van der Waals surface area contributed by atoms with Gasteiger partial charge in [-0.15, -0.1) is 0 Å². The number of nitrogens with one attached hydrogen (secondary N) is 1. The summed E-state index contributed by atoms with van der Waals surface area (Å²) in [6, 6.07) is 16.3. The Labute approximate surface area is 117 Å². The van der Waals surface area contributed by atoms with Gasteiger partial charge in [-0.25, -0.2) is 4.79 Å². The van der Waals surface area contributed by atoms with Crippen LogP contribution in [0, 0.1) is 0 Å². The van der Waals surface area contributed by atoms with E-state index in [1.54, 1.807) is 24.3 Å². The molecule has 2 aromatic rings. The lowest BCUT2D eigenvalue weighted by Crippen LogP contribution is -2.23. The van der Waals surface area contributed by atoms with Gasteiger partial charge in [0.15, 0.2) is 0 Å². The lowest BCUT2D eigenvalue weighted by atomic mass is 10.1. The first kappa shape index (κ1) is 14.2. The van der Waals surface area contributed by atoms with Gasteiger partial charge in [-0.2, -0.15) is 0 Å². The summed E-state index contributed by atoms with van der Waals surface area (Å²) in [5.74, 6) is -0.929. The molecule has 0 aliphatic rings. The molecule has 3 N–H and O–H groups in total. The zero-order chi connectivity index (χ0) is 14.4. The van der Waals surface area contributed by atoms with Gasteiger partial charge in [-0.3, -0.25) is 0 Å². The number of carbonyl (C=O) groups is 1. The van der Waals surface area contributed by atoms with Crippen LogP contribution in [0.25, 0.3) is 0 Å². The van der Waals surface area contributed by atoms with E-state index in [1.807, 2.05) is 30.3 Å². The standard InChI is InChI=1S/C16H17NO3/c18-11-15(13-4-2-1-3-5-13)17-10-12-6-8-14(9-7-12)16(19)20/h1-9,15,17-18H,10-11H2,(H,19,20)/t15-/m1/s1. The fourth-order valence-electron chi connectivity index (χ4n) is 1.98.